The molecular weight excluding hydrogens is 326 g/mol. The van der Waals surface area contributed by atoms with Crippen molar-refractivity contribution in [3.05, 3.63) is 56.4 Å². The van der Waals surface area contributed by atoms with Crippen LogP contribution in [0.25, 0.3) is 10.9 Å². The lowest BCUT2D eigenvalue weighted by atomic mass is 10.1. The summed E-state index contributed by atoms with van der Waals surface area (Å²) in [7, 11) is 0. The Morgan fingerprint density at radius 3 is 2.88 bits per heavy atom. The number of aryl methyl sites for hydroxylation is 1. The Hall–Kier alpha value is -3.69. The molecule has 0 saturated heterocycles. The molecular formula is C15H15N7O3. The highest BCUT2D eigenvalue weighted by Gasteiger charge is 2.07. The van der Waals surface area contributed by atoms with Crippen LogP contribution in [0, 0.1) is 6.92 Å². The van der Waals surface area contributed by atoms with Crippen LogP contribution >= 0.6 is 0 Å². The summed E-state index contributed by atoms with van der Waals surface area (Å²) in [6.45, 7) is 1.69. The van der Waals surface area contributed by atoms with E-state index in [4.69, 9.17) is 0 Å². The predicted molar refractivity (Wildman–Crippen MR) is 92.7 cm³/mol. The van der Waals surface area contributed by atoms with Crippen LogP contribution < -0.4 is 22.0 Å². The zero-order valence-electron chi connectivity index (χ0n) is 13.2. The Morgan fingerprint density at radius 1 is 1.28 bits per heavy atom. The molecule has 0 aliphatic heterocycles. The number of rotatable bonds is 5. The summed E-state index contributed by atoms with van der Waals surface area (Å²) >= 11 is 0. The number of hydrogen-bond donors (Lipinski definition) is 5. The van der Waals surface area contributed by atoms with E-state index < -0.39 is 17.2 Å². The molecule has 0 unspecified atom stereocenters. The van der Waals surface area contributed by atoms with Crippen molar-refractivity contribution >= 4 is 28.8 Å². The van der Waals surface area contributed by atoms with E-state index in [0.29, 0.717) is 0 Å². The second-order valence-electron chi connectivity index (χ2n) is 5.21. The predicted octanol–water partition coefficient (Wildman–Crippen LogP) is -0.190. The average molecular weight is 341 g/mol. The third-order valence-electron chi connectivity index (χ3n) is 3.45. The van der Waals surface area contributed by atoms with E-state index in [2.05, 4.69) is 31.0 Å². The van der Waals surface area contributed by atoms with E-state index in [-0.39, 0.29) is 12.4 Å². The first kappa shape index (κ1) is 16.2. The van der Waals surface area contributed by atoms with E-state index in [1.165, 1.54) is 0 Å². The summed E-state index contributed by atoms with van der Waals surface area (Å²) < 4.78 is 0. The molecule has 10 nitrogen and oxygen atoms in total. The molecule has 0 bridgehead atoms. The normalized spacial score (nSPS) is 11.1. The van der Waals surface area contributed by atoms with Gasteiger partial charge in [-0.05, 0) is 13.0 Å². The molecule has 25 heavy (non-hydrogen) atoms. The Balaban J connectivity index is 1.62. The van der Waals surface area contributed by atoms with Crippen LogP contribution in [0.5, 0.6) is 0 Å². The first-order chi connectivity index (χ1) is 12.0. The van der Waals surface area contributed by atoms with Crippen LogP contribution in [0.2, 0.25) is 0 Å². The van der Waals surface area contributed by atoms with Crippen LogP contribution in [0.3, 0.4) is 0 Å². The van der Waals surface area contributed by atoms with Gasteiger partial charge in [-0.3, -0.25) is 14.6 Å². The summed E-state index contributed by atoms with van der Waals surface area (Å²) in [5, 5.41) is 13.0. The van der Waals surface area contributed by atoms with Crippen molar-refractivity contribution in [3.8, 4) is 0 Å². The van der Waals surface area contributed by atoms with Gasteiger partial charge in [-0.25, -0.2) is 15.3 Å². The molecule has 5 N–H and O–H groups in total. The molecule has 128 valence electrons. The largest absolute Gasteiger partial charge is 0.358 e. The minimum absolute atomic E-state index is 0.161. The van der Waals surface area contributed by atoms with Gasteiger partial charge < -0.3 is 10.3 Å². The molecule has 0 fully saturated rings. The van der Waals surface area contributed by atoms with Gasteiger partial charge >= 0.3 is 5.69 Å². The number of hydrogen-bond acceptors (Lipinski definition) is 6. The molecule has 0 atom stereocenters. The van der Waals surface area contributed by atoms with Gasteiger partial charge in [-0.15, -0.1) is 5.10 Å². The monoisotopic (exact) mass is 341 g/mol. The Morgan fingerprint density at radius 2 is 2.08 bits per heavy atom. The molecule has 2 aromatic heterocycles. The number of nitrogens with one attached hydrogen (secondary N) is 5. The second-order valence-corrected chi connectivity index (χ2v) is 5.21. The lowest BCUT2D eigenvalue weighted by Crippen LogP contribution is -2.31. The quantitative estimate of drug-likeness (QED) is 0.322. The van der Waals surface area contributed by atoms with E-state index >= 15 is 0 Å². The van der Waals surface area contributed by atoms with Crippen molar-refractivity contribution in [2.24, 2.45) is 5.10 Å². The number of para-hydroxylation sites is 1. The van der Waals surface area contributed by atoms with Gasteiger partial charge in [-0.1, -0.05) is 18.2 Å². The molecule has 1 amide bonds. The van der Waals surface area contributed by atoms with Gasteiger partial charge in [0.1, 0.15) is 0 Å². The average Bonchev–Trinajstić information content (AvgIpc) is 2.90. The first-order valence-corrected chi connectivity index (χ1v) is 7.36. The van der Waals surface area contributed by atoms with Gasteiger partial charge in [0.15, 0.2) is 0 Å². The molecule has 10 heteroatoms. The summed E-state index contributed by atoms with van der Waals surface area (Å²) in [4.78, 5) is 39.3. The Labute approximate surface area is 140 Å². The zero-order chi connectivity index (χ0) is 17.8. The SMILES string of the molecule is Cc1[nH]c2ccccc2c1/C=N/NC(=O)CNc1n[nH]c(=O)[nH]c1=O. The van der Waals surface area contributed by atoms with Crippen LogP contribution in [-0.4, -0.2) is 38.8 Å². The maximum atomic E-state index is 11.8. The molecule has 0 aliphatic rings. The summed E-state index contributed by atoms with van der Waals surface area (Å²) in [6, 6.07) is 7.76. The van der Waals surface area contributed by atoms with E-state index in [0.717, 1.165) is 22.2 Å². The lowest BCUT2D eigenvalue weighted by molar-refractivity contribution is -0.119. The number of amides is 1. The molecule has 1 aromatic carbocycles. The van der Waals surface area contributed by atoms with Crippen LogP contribution in [0.4, 0.5) is 5.82 Å². The van der Waals surface area contributed by atoms with Crippen molar-refractivity contribution in [3.63, 3.8) is 0 Å². The Bertz CT molecular complexity index is 1060. The molecule has 3 rings (SSSR count). The summed E-state index contributed by atoms with van der Waals surface area (Å²) in [5.74, 6) is -0.632. The van der Waals surface area contributed by atoms with Crippen LogP contribution in [0.1, 0.15) is 11.3 Å². The van der Waals surface area contributed by atoms with Crippen molar-refractivity contribution in [2.45, 2.75) is 6.92 Å². The third kappa shape index (κ3) is 3.63. The molecule has 0 spiro atoms. The molecule has 3 aromatic rings. The number of carbonyl (C=O) groups is 1. The fourth-order valence-corrected chi connectivity index (χ4v) is 2.30. The van der Waals surface area contributed by atoms with Gasteiger partial charge in [-0.2, -0.15) is 5.10 Å². The van der Waals surface area contributed by atoms with Gasteiger partial charge in [0.25, 0.3) is 11.5 Å². The number of fused-ring (bicyclic) bond motifs is 1. The molecule has 2 heterocycles. The lowest BCUT2D eigenvalue weighted by Gasteiger charge is -2.02. The standard InChI is InChI=1S/C15H15N7O3/c1-8-10(9-4-2-3-5-11(9)18-8)6-17-20-12(23)7-16-13-14(24)19-15(25)22-21-13/h2-6,18H,7H2,1H3,(H,16,21)(H,20,23)(H2,19,22,24,25)/b17-6+. The molecule has 0 aliphatic carbocycles. The van der Waals surface area contributed by atoms with E-state index in [1.54, 1.807) is 6.21 Å². The number of hydrazone groups is 1. The summed E-state index contributed by atoms with van der Waals surface area (Å²) in [6.07, 6.45) is 1.55. The minimum Gasteiger partial charge on any atom is -0.358 e. The van der Waals surface area contributed by atoms with E-state index in [9.17, 15) is 14.4 Å². The highest BCUT2D eigenvalue weighted by atomic mass is 16.2. The number of nitrogens with zero attached hydrogens (tertiary/aromatic N) is 2. The number of aromatic nitrogens is 4. The molecule has 0 saturated carbocycles. The minimum atomic E-state index is -0.723. The van der Waals surface area contributed by atoms with Gasteiger partial charge in [0, 0.05) is 22.2 Å². The zero-order valence-corrected chi connectivity index (χ0v) is 13.2. The number of H-pyrrole nitrogens is 3. The number of aromatic amines is 3. The molecule has 0 radical (unpaired) electrons. The fraction of sp³-hybridized carbons (Fsp3) is 0.133. The fourth-order valence-electron chi connectivity index (χ4n) is 2.30. The van der Waals surface area contributed by atoms with Gasteiger partial charge in [0.05, 0.1) is 12.8 Å². The number of anilines is 1. The first-order valence-electron chi connectivity index (χ1n) is 7.36. The highest BCUT2D eigenvalue weighted by molar-refractivity contribution is 6.00. The Kier molecular flexibility index (Phi) is 4.42. The van der Waals surface area contributed by atoms with Crippen molar-refractivity contribution in [1.82, 2.24) is 25.6 Å². The highest BCUT2D eigenvalue weighted by Crippen LogP contribution is 2.19. The van der Waals surface area contributed by atoms with Crippen molar-refractivity contribution in [2.75, 3.05) is 11.9 Å². The number of carbonyl (C=O) groups excluding carboxylic acids is 1. The second kappa shape index (κ2) is 6.83. The topological polar surface area (TPSA) is 148 Å². The van der Waals surface area contributed by atoms with Crippen molar-refractivity contribution in [1.29, 1.82) is 0 Å². The van der Waals surface area contributed by atoms with Crippen LogP contribution in [0.15, 0.2) is 39.0 Å². The van der Waals surface area contributed by atoms with Crippen LogP contribution in [-0.2, 0) is 4.79 Å². The number of benzene rings is 1. The third-order valence-corrected chi connectivity index (χ3v) is 3.45. The van der Waals surface area contributed by atoms with E-state index in [1.807, 2.05) is 36.2 Å². The maximum Gasteiger partial charge on any atom is 0.342 e. The smallest absolute Gasteiger partial charge is 0.342 e. The van der Waals surface area contributed by atoms with Gasteiger partial charge in [0.2, 0.25) is 5.82 Å². The maximum absolute atomic E-state index is 11.8. The summed E-state index contributed by atoms with van der Waals surface area (Å²) in [5.41, 5.74) is 3.71. The van der Waals surface area contributed by atoms with Crippen molar-refractivity contribution < 1.29 is 4.79 Å².